The van der Waals surface area contributed by atoms with E-state index in [1.54, 1.807) is 45.6 Å². The number of benzene rings is 1. The quantitative estimate of drug-likeness (QED) is 0.414. The molecule has 5 aliphatic carbocycles. The molecule has 1 aromatic carbocycles. The van der Waals surface area contributed by atoms with Gasteiger partial charge in [0.05, 0.1) is 29.6 Å². The SMILES string of the molecule is CCN1C[C@@]2(OC(=O)c3ccccc3NC(C)=O)CC[C@H](OC)[C@]34[C@@H]1[C@H](C[C@H]23)[C@]1(O)C[C@H](OC)[C@@H]2C[C@@H]4[C@]1(O)[C@@H]2OC. The monoisotopic (exact) mass is 584 g/mol. The van der Waals surface area contributed by atoms with Gasteiger partial charge >= 0.3 is 5.97 Å². The topological polar surface area (TPSA) is 127 Å². The highest BCUT2D eigenvalue weighted by Gasteiger charge is 2.89. The molecule has 1 heterocycles. The van der Waals surface area contributed by atoms with E-state index >= 15 is 0 Å². The molecule has 1 amide bonds. The minimum absolute atomic E-state index is 0.0432. The minimum Gasteiger partial charge on any atom is -0.454 e. The summed E-state index contributed by atoms with van der Waals surface area (Å²) >= 11 is 0. The van der Waals surface area contributed by atoms with Crippen LogP contribution in [-0.2, 0) is 23.7 Å². The maximum atomic E-state index is 14.0. The number of hydrogen-bond acceptors (Lipinski definition) is 9. The van der Waals surface area contributed by atoms with Crippen molar-refractivity contribution >= 4 is 17.6 Å². The second kappa shape index (κ2) is 9.46. The van der Waals surface area contributed by atoms with Crippen LogP contribution in [0.5, 0.6) is 0 Å². The van der Waals surface area contributed by atoms with Crippen molar-refractivity contribution in [1.82, 2.24) is 4.90 Å². The number of carbonyl (C=O) groups excluding carboxylic acids is 2. The predicted molar refractivity (Wildman–Crippen MR) is 152 cm³/mol. The van der Waals surface area contributed by atoms with E-state index in [4.69, 9.17) is 18.9 Å². The molecule has 1 saturated heterocycles. The summed E-state index contributed by atoms with van der Waals surface area (Å²) < 4.78 is 25.1. The van der Waals surface area contributed by atoms with E-state index in [2.05, 4.69) is 17.1 Å². The largest absolute Gasteiger partial charge is 0.454 e. The van der Waals surface area contributed by atoms with Gasteiger partial charge in [0.1, 0.15) is 16.8 Å². The number of fused-ring (bicyclic) bond motifs is 2. The van der Waals surface area contributed by atoms with Crippen molar-refractivity contribution in [3.8, 4) is 0 Å². The Morgan fingerprint density at radius 3 is 2.50 bits per heavy atom. The highest BCUT2D eigenvalue weighted by Crippen LogP contribution is 2.79. The van der Waals surface area contributed by atoms with Crippen molar-refractivity contribution in [3.05, 3.63) is 29.8 Å². The molecule has 1 aliphatic heterocycles. The number of methoxy groups -OCH3 is 3. The average molecular weight is 585 g/mol. The Balaban J connectivity index is 1.38. The number of piperidine rings is 1. The molecule has 5 saturated carbocycles. The van der Waals surface area contributed by atoms with Gasteiger partial charge < -0.3 is 34.5 Å². The second-order valence-electron chi connectivity index (χ2n) is 13.7. The highest BCUT2D eigenvalue weighted by molar-refractivity contribution is 6.00. The Hall–Kier alpha value is -2.08. The van der Waals surface area contributed by atoms with E-state index in [1.807, 2.05) is 0 Å². The lowest BCUT2D eigenvalue weighted by Crippen LogP contribution is -2.83. The normalized spacial score (nSPS) is 48.2. The van der Waals surface area contributed by atoms with Crippen LogP contribution in [0.2, 0.25) is 0 Å². The number of rotatable bonds is 7. The Morgan fingerprint density at radius 2 is 1.83 bits per heavy atom. The molecular weight excluding hydrogens is 540 g/mol. The second-order valence-corrected chi connectivity index (χ2v) is 13.7. The van der Waals surface area contributed by atoms with Gasteiger partial charge in [-0.1, -0.05) is 19.1 Å². The molecule has 12 atom stereocenters. The average Bonchev–Trinajstić information content (AvgIpc) is 3.39. The number of para-hydroxylation sites is 1. The summed E-state index contributed by atoms with van der Waals surface area (Å²) in [5.41, 5.74) is -3.57. The zero-order valence-corrected chi connectivity index (χ0v) is 25.2. The van der Waals surface area contributed by atoms with Gasteiger partial charge in [0, 0.05) is 76.3 Å². The van der Waals surface area contributed by atoms with Crippen molar-refractivity contribution in [2.45, 2.75) is 87.1 Å². The van der Waals surface area contributed by atoms with Crippen molar-refractivity contribution in [2.24, 2.45) is 29.1 Å². The van der Waals surface area contributed by atoms with Crippen LogP contribution in [0.15, 0.2) is 24.3 Å². The molecule has 3 N–H and O–H groups in total. The van der Waals surface area contributed by atoms with E-state index < -0.39 is 34.3 Å². The van der Waals surface area contributed by atoms with Gasteiger partial charge in [0.25, 0.3) is 0 Å². The molecular formula is C32H44N2O8. The van der Waals surface area contributed by atoms with E-state index in [1.165, 1.54) is 6.92 Å². The van der Waals surface area contributed by atoms with Crippen LogP contribution in [0.4, 0.5) is 5.69 Å². The zero-order valence-electron chi connectivity index (χ0n) is 25.2. The molecule has 1 spiro atoms. The summed E-state index contributed by atoms with van der Waals surface area (Å²) in [5.74, 6) is -1.54. The van der Waals surface area contributed by atoms with Crippen LogP contribution < -0.4 is 5.32 Å². The molecule has 1 aromatic rings. The first kappa shape index (κ1) is 28.7. The molecule has 42 heavy (non-hydrogen) atoms. The maximum absolute atomic E-state index is 14.0. The van der Waals surface area contributed by atoms with Crippen molar-refractivity contribution in [1.29, 1.82) is 0 Å². The molecule has 10 heteroatoms. The first-order valence-electron chi connectivity index (χ1n) is 15.4. The maximum Gasteiger partial charge on any atom is 0.340 e. The Kier molecular flexibility index (Phi) is 6.46. The third-order valence-corrected chi connectivity index (χ3v) is 12.6. The third kappa shape index (κ3) is 3.21. The van der Waals surface area contributed by atoms with Gasteiger partial charge in [-0.3, -0.25) is 9.69 Å². The van der Waals surface area contributed by atoms with Crippen LogP contribution in [0.25, 0.3) is 0 Å². The number of nitrogens with one attached hydrogen (secondary N) is 1. The van der Waals surface area contributed by atoms with Crippen LogP contribution in [0.3, 0.4) is 0 Å². The number of hydrogen-bond donors (Lipinski definition) is 3. The number of carbonyl (C=O) groups is 2. The Morgan fingerprint density at radius 1 is 1.07 bits per heavy atom. The Labute approximate surface area is 247 Å². The van der Waals surface area contributed by atoms with Gasteiger partial charge in [-0.2, -0.15) is 0 Å². The standard InChI is InChI=1S/C32H44N2O8/c1-6-34-16-29(42-28(36)18-9-7-8-10-21(18)33-17(2)35)12-11-25(40-4)31-23(29)14-20(26(31)34)30(37)15-22(39-3)19-13-24(31)32(30,38)27(19)41-5/h7-10,19-20,22-27,37-38H,6,11-16H2,1-5H3,(H,33,35)/t19-,20-,22-,23+,24-,25-,26-,27+,29-,30+,31-,32-/m0/s1. The lowest BCUT2D eigenvalue weighted by atomic mass is 9.44. The lowest BCUT2D eigenvalue weighted by molar-refractivity contribution is -0.337. The highest BCUT2D eigenvalue weighted by atomic mass is 16.6. The first-order chi connectivity index (χ1) is 20.1. The molecule has 0 aromatic heterocycles. The number of nitrogens with zero attached hydrogens (tertiary/aromatic N) is 1. The molecule has 6 aliphatic rings. The zero-order chi connectivity index (χ0) is 29.8. The summed E-state index contributed by atoms with van der Waals surface area (Å²) in [5, 5.41) is 28.4. The van der Waals surface area contributed by atoms with Crippen LogP contribution in [-0.4, -0.2) is 103 Å². The van der Waals surface area contributed by atoms with Crippen LogP contribution in [0, 0.1) is 29.1 Å². The van der Waals surface area contributed by atoms with Crippen LogP contribution in [0.1, 0.15) is 56.3 Å². The molecule has 6 fully saturated rings. The number of aliphatic hydroxyl groups is 2. The van der Waals surface area contributed by atoms with E-state index in [-0.39, 0.29) is 47.8 Å². The summed E-state index contributed by atoms with van der Waals surface area (Å²) in [6, 6.07) is 6.89. The van der Waals surface area contributed by atoms with Gasteiger partial charge in [-0.05, 0) is 44.4 Å². The molecule has 0 unspecified atom stereocenters. The van der Waals surface area contributed by atoms with Gasteiger partial charge in [-0.15, -0.1) is 0 Å². The summed E-state index contributed by atoms with van der Waals surface area (Å²) in [6.45, 7) is 4.79. The fourth-order valence-electron chi connectivity index (χ4n) is 11.6. The van der Waals surface area contributed by atoms with Gasteiger partial charge in [0.2, 0.25) is 5.91 Å². The van der Waals surface area contributed by atoms with Crippen LogP contribution >= 0.6 is 0 Å². The van der Waals surface area contributed by atoms with E-state index in [0.29, 0.717) is 56.4 Å². The summed E-state index contributed by atoms with van der Waals surface area (Å²) in [4.78, 5) is 28.3. The number of likely N-dealkylation sites (tertiary alicyclic amines) is 1. The van der Waals surface area contributed by atoms with E-state index in [0.717, 1.165) is 0 Å². The third-order valence-electron chi connectivity index (χ3n) is 12.6. The Bertz CT molecular complexity index is 1290. The number of esters is 1. The summed E-state index contributed by atoms with van der Waals surface area (Å²) in [7, 11) is 5.05. The first-order valence-corrected chi connectivity index (χ1v) is 15.4. The number of ether oxygens (including phenoxy) is 4. The number of amides is 1. The smallest absolute Gasteiger partial charge is 0.340 e. The molecule has 7 bridgehead atoms. The van der Waals surface area contributed by atoms with Crippen molar-refractivity contribution < 1.29 is 38.7 Å². The summed E-state index contributed by atoms with van der Waals surface area (Å²) in [6.07, 6.45) is 1.91. The number of likely N-dealkylation sites (N-methyl/N-ethyl adjacent to an activating group) is 1. The number of anilines is 1. The van der Waals surface area contributed by atoms with Gasteiger partial charge in [0.15, 0.2) is 0 Å². The molecule has 0 radical (unpaired) electrons. The fourth-order valence-corrected chi connectivity index (χ4v) is 11.6. The molecule has 7 rings (SSSR count). The lowest BCUT2D eigenvalue weighted by Gasteiger charge is -2.70. The molecule has 230 valence electrons. The van der Waals surface area contributed by atoms with E-state index in [9.17, 15) is 19.8 Å². The van der Waals surface area contributed by atoms with Crippen molar-refractivity contribution in [2.75, 3.05) is 39.7 Å². The van der Waals surface area contributed by atoms with Crippen molar-refractivity contribution in [3.63, 3.8) is 0 Å². The predicted octanol–water partition coefficient (Wildman–Crippen LogP) is 2.22. The minimum atomic E-state index is -1.48. The molecule has 10 nitrogen and oxygen atoms in total. The fraction of sp³-hybridized carbons (Fsp3) is 0.750. The van der Waals surface area contributed by atoms with Gasteiger partial charge in [-0.25, -0.2) is 4.79 Å².